The lowest BCUT2D eigenvalue weighted by Gasteiger charge is -2.18. The van der Waals surface area contributed by atoms with E-state index >= 15 is 0 Å². The Morgan fingerprint density at radius 3 is 2.83 bits per heavy atom. The van der Waals surface area contributed by atoms with Gasteiger partial charge in [0.15, 0.2) is 0 Å². The van der Waals surface area contributed by atoms with Crippen molar-refractivity contribution in [1.82, 2.24) is 9.88 Å². The lowest BCUT2D eigenvalue weighted by atomic mass is 10.1. The first-order valence-corrected chi connectivity index (χ1v) is 7.61. The lowest BCUT2D eigenvalue weighted by Crippen LogP contribution is -2.32. The second kappa shape index (κ2) is 6.66. The number of halogens is 1. The number of nitrogens with one attached hydrogen (secondary N) is 1. The number of nitrogens with two attached hydrogens (primary N) is 1. The fourth-order valence-electron chi connectivity index (χ4n) is 2.73. The molecule has 1 aromatic heterocycles. The number of anilines is 2. The van der Waals surface area contributed by atoms with Gasteiger partial charge in [-0.25, -0.2) is 9.37 Å². The summed E-state index contributed by atoms with van der Waals surface area (Å²) in [4.78, 5) is 29.7. The van der Waals surface area contributed by atoms with Crippen LogP contribution in [0.5, 0.6) is 0 Å². The number of hydrogen-bond acceptors (Lipinski definition) is 4. The van der Waals surface area contributed by atoms with Crippen LogP contribution in [0.1, 0.15) is 16.8 Å². The number of nitrogens with zero attached hydrogens (tertiary/aromatic N) is 2. The zero-order valence-corrected chi connectivity index (χ0v) is 12.9. The summed E-state index contributed by atoms with van der Waals surface area (Å²) < 4.78 is 13.3. The van der Waals surface area contributed by atoms with Crippen LogP contribution < -0.4 is 11.1 Å². The van der Waals surface area contributed by atoms with E-state index in [9.17, 15) is 14.0 Å². The van der Waals surface area contributed by atoms with Crippen LogP contribution in [0.4, 0.5) is 15.9 Å². The average Bonchev–Trinajstić information content (AvgIpc) is 3.05. The van der Waals surface area contributed by atoms with Crippen LogP contribution >= 0.6 is 0 Å². The Labute approximate surface area is 138 Å². The van der Waals surface area contributed by atoms with Gasteiger partial charge in [0.2, 0.25) is 5.91 Å². The summed E-state index contributed by atoms with van der Waals surface area (Å²) in [6.07, 6.45) is 2.11. The van der Waals surface area contributed by atoms with Gasteiger partial charge in [-0.05, 0) is 36.8 Å². The molecule has 1 fully saturated rings. The minimum atomic E-state index is -0.394. The largest absolute Gasteiger partial charge is 0.369 e. The Morgan fingerprint density at radius 1 is 1.29 bits per heavy atom. The summed E-state index contributed by atoms with van der Waals surface area (Å²) in [5.41, 5.74) is 6.17. The molecule has 1 atom stereocenters. The van der Waals surface area contributed by atoms with Crippen LogP contribution in [0, 0.1) is 11.7 Å². The smallest absolute Gasteiger partial charge is 0.257 e. The first-order valence-electron chi connectivity index (χ1n) is 7.61. The molecule has 2 heterocycles. The Morgan fingerprint density at radius 2 is 2.12 bits per heavy atom. The molecule has 1 unspecified atom stereocenters. The maximum atomic E-state index is 13.3. The summed E-state index contributed by atoms with van der Waals surface area (Å²) in [7, 11) is 0. The number of aromatic nitrogens is 1. The Kier molecular flexibility index (Phi) is 4.41. The molecule has 24 heavy (non-hydrogen) atoms. The normalized spacial score (nSPS) is 16.9. The molecule has 1 aromatic carbocycles. The number of primary amides is 1. The minimum Gasteiger partial charge on any atom is -0.369 e. The van der Waals surface area contributed by atoms with E-state index in [4.69, 9.17) is 5.73 Å². The van der Waals surface area contributed by atoms with Crippen LogP contribution in [0.25, 0.3) is 0 Å². The van der Waals surface area contributed by atoms with Gasteiger partial charge >= 0.3 is 0 Å². The molecule has 7 heteroatoms. The molecular formula is C17H17FN4O2. The Balaban J connectivity index is 1.81. The molecule has 0 spiro atoms. The number of likely N-dealkylation sites (tertiary alicyclic amines) is 1. The number of rotatable bonds is 4. The molecule has 1 aliphatic heterocycles. The van der Waals surface area contributed by atoms with Crippen molar-refractivity contribution in [3.63, 3.8) is 0 Å². The van der Waals surface area contributed by atoms with Gasteiger partial charge in [0, 0.05) is 25.0 Å². The average molecular weight is 328 g/mol. The third-order valence-corrected chi connectivity index (χ3v) is 4.00. The molecule has 2 aromatic rings. The van der Waals surface area contributed by atoms with Gasteiger partial charge in [-0.15, -0.1) is 0 Å². The monoisotopic (exact) mass is 328 g/mol. The van der Waals surface area contributed by atoms with E-state index in [2.05, 4.69) is 10.3 Å². The first kappa shape index (κ1) is 15.9. The van der Waals surface area contributed by atoms with E-state index in [0.717, 1.165) is 0 Å². The van der Waals surface area contributed by atoms with Gasteiger partial charge in [0.25, 0.3) is 5.91 Å². The number of carbonyl (C=O) groups is 2. The molecule has 1 aliphatic rings. The van der Waals surface area contributed by atoms with Crippen molar-refractivity contribution < 1.29 is 14.0 Å². The van der Waals surface area contributed by atoms with Crippen LogP contribution in [0.15, 0.2) is 42.6 Å². The zero-order chi connectivity index (χ0) is 17.1. The van der Waals surface area contributed by atoms with Crippen LogP contribution in [0.3, 0.4) is 0 Å². The predicted molar refractivity (Wildman–Crippen MR) is 87.1 cm³/mol. The molecule has 0 saturated carbocycles. The van der Waals surface area contributed by atoms with Crippen LogP contribution in [-0.2, 0) is 4.79 Å². The van der Waals surface area contributed by atoms with E-state index in [1.54, 1.807) is 35.4 Å². The van der Waals surface area contributed by atoms with Crippen molar-refractivity contribution in [2.75, 3.05) is 18.4 Å². The molecule has 3 N–H and O–H groups in total. The summed E-state index contributed by atoms with van der Waals surface area (Å²) in [6.45, 7) is 0.781. The summed E-state index contributed by atoms with van der Waals surface area (Å²) in [5, 5.41) is 2.96. The highest BCUT2D eigenvalue weighted by Gasteiger charge is 2.31. The number of amides is 2. The molecule has 0 bridgehead atoms. The zero-order valence-electron chi connectivity index (χ0n) is 12.9. The van der Waals surface area contributed by atoms with Gasteiger partial charge in [-0.1, -0.05) is 6.07 Å². The molecule has 0 aliphatic carbocycles. The Bertz CT molecular complexity index is 781. The highest BCUT2D eigenvalue weighted by Crippen LogP contribution is 2.23. The molecular weight excluding hydrogens is 311 g/mol. The first-order chi connectivity index (χ1) is 11.5. The summed E-state index contributed by atoms with van der Waals surface area (Å²) in [5.74, 6) is -0.978. The maximum absolute atomic E-state index is 13.3. The molecule has 3 rings (SSSR count). The van der Waals surface area contributed by atoms with Crippen molar-refractivity contribution in [1.29, 1.82) is 0 Å². The minimum absolute atomic E-state index is 0.231. The molecule has 0 radical (unpaired) electrons. The fraction of sp³-hybridized carbons (Fsp3) is 0.235. The topological polar surface area (TPSA) is 88.3 Å². The van der Waals surface area contributed by atoms with Gasteiger partial charge in [0.05, 0.1) is 11.5 Å². The van der Waals surface area contributed by atoms with Gasteiger partial charge in [0.1, 0.15) is 11.6 Å². The molecule has 1 saturated heterocycles. The molecule has 2 amide bonds. The Hall–Kier alpha value is -2.96. The quantitative estimate of drug-likeness (QED) is 0.897. The third-order valence-electron chi connectivity index (χ3n) is 4.00. The second-order valence-electron chi connectivity index (χ2n) is 5.67. The van der Waals surface area contributed by atoms with Gasteiger partial charge < -0.3 is 16.0 Å². The van der Waals surface area contributed by atoms with Crippen molar-refractivity contribution in [3.05, 3.63) is 54.0 Å². The maximum Gasteiger partial charge on any atom is 0.257 e. The van der Waals surface area contributed by atoms with Crippen LogP contribution in [-0.4, -0.2) is 34.8 Å². The second-order valence-corrected chi connectivity index (χ2v) is 5.67. The van der Waals surface area contributed by atoms with E-state index in [1.165, 1.54) is 12.1 Å². The van der Waals surface area contributed by atoms with Crippen molar-refractivity contribution >= 4 is 23.3 Å². The van der Waals surface area contributed by atoms with Crippen molar-refractivity contribution in [2.45, 2.75) is 6.42 Å². The van der Waals surface area contributed by atoms with E-state index in [1.807, 2.05) is 0 Å². The van der Waals surface area contributed by atoms with Crippen LogP contribution in [0.2, 0.25) is 0 Å². The predicted octanol–water partition coefficient (Wildman–Crippen LogP) is 1.91. The molecule has 6 nitrogen and oxygen atoms in total. The van der Waals surface area contributed by atoms with E-state index in [-0.39, 0.29) is 17.6 Å². The van der Waals surface area contributed by atoms with E-state index in [0.29, 0.717) is 36.6 Å². The SMILES string of the molecule is NC(=O)C1CCN(C(=O)c2cccnc2Nc2cccc(F)c2)C1. The highest BCUT2D eigenvalue weighted by molar-refractivity contribution is 5.99. The van der Waals surface area contributed by atoms with Crippen molar-refractivity contribution in [2.24, 2.45) is 11.7 Å². The van der Waals surface area contributed by atoms with E-state index < -0.39 is 5.91 Å². The number of pyridine rings is 1. The number of benzene rings is 1. The van der Waals surface area contributed by atoms with Gasteiger partial charge in [-0.2, -0.15) is 0 Å². The van der Waals surface area contributed by atoms with Crippen molar-refractivity contribution in [3.8, 4) is 0 Å². The summed E-state index contributed by atoms with van der Waals surface area (Å²) in [6, 6.07) is 9.22. The fourth-order valence-corrected chi connectivity index (χ4v) is 2.73. The third kappa shape index (κ3) is 3.34. The lowest BCUT2D eigenvalue weighted by molar-refractivity contribution is -0.121. The number of carbonyl (C=O) groups excluding carboxylic acids is 2. The number of hydrogen-bond donors (Lipinski definition) is 2. The molecule has 124 valence electrons. The van der Waals surface area contributed by atoms with Gasteiger partial charge in [-0.3, -0.25) is 9.59 Å². The standard InChI is InChI=1S/C17H17FN4O2/c18-12-3-1-4-13(9-12)21-16-14(5-2-7-20-16)17(24)22-8-6-11(10-22)15(19)23/h1-5,7,9,11H,6,8,10H2,(H2,19,23)(H,20,21). The highest BCUT2D eigenvalue weighted by atomic mass is 19.1. The summed E-state index contributed by atoms with van der Waals surface area (Å²) >= 11 is 0.